The molecule has 106 valence electrons. The van der Waals surface area contributed by atoms with Gasteiger partial charge in [0.25, 0.3) is 5.91 Å². The Morgan fingerprint density at radius 2 is 2.29 bits per heavy atom. The Hall–Kier alpha value is -2.91. The Balaban J connectivity index is 2.20. The molecule has 2 aromatic heterocycles. The number of ether oxygens (including phenoxy) is 1. The number of rotatable bonds is 3. The number of methoxy groups -OCH3 is 1. The number of hydrogen-bond donors (Lipinski definition) is 2. The van der Waals surface area contributed by atoms with Gasteiger partial charge in [-0.25, -0.2) is 4.98 Å². The molecule has 0 spiro atoms. The summed E-state index contributed by atoms with van der Waals surface area (Å²) in [5, 5.41) is 11.3. The lowest BCUT2D eigenvalue weighted by Crippen LogP contribution is -2.14. The highest BCUT2D eigenvalue weighted by Gasteiger charge is 2.12. The first-order valence-corrected chi connectivity index (χ1v) is 6.09. The van der Waals surface area contributed by atoms with Crippen molar-refractivity contribution >= 4 is 11.7 Å². The first-order valence-electron chi connectivity index (χ1n) is 6.09. The zero-order chi connectivity index (χ0) is 15.1. The summed E-state index contributed by atoms with van der Waals surface area (Å²) >= 11 is 0. The highest BCUT2D eigenvalue weighted by atomic mass is 16.5. The molecule has 6 nitrogen and oxygen atoms in total. The van der Waals surface area contributed by atoms with Crippen LogP contribution in [0.3, 0.4) is 0 Å². The van der Waals surface area contributed by atoms with Crippen LogP contribution in [0, 0.1) is 11.8 Å². The predicted octanol–water partition coefficient (Wildman–Crippen LogP) is 1.08. The van der Waals surface area contributed by atoms with Gasteiger partial charge >= 0.3 is 0 Å². The fourth-order valence-corrected chi connectivity index (χ4v) is 1.63. The summed E-state index contributed by atoms with van der Waals surface area (Å²) in [6.07, 6.45) is 4.50. The molecule has 0 aliphatic heterocycles. The molecule has 1 amide bonds. The van der Waals surface area contributed by atoms with E-state index in [2.05, 4.69) is 27.1 Å². The molecular weight excluding hydrogens is 270 g/mol. The van der Waals surface area contributed by atoms with E-state index in [1.807, 2.05) is 0 Å². The summed E-state index contributed by atoms with van der Waals surface area (Å²) in [5.41, 5.74) is 1.01. The molecule has 0 aromatic carbocycles. The predicted molar refractivity (Wildman–Crippen MR) is 76.9 cm³/mol. The summed E-state index contributed by atoms with van der Waals surface area (Å²) in [6, 6.07) is 4.86. The van der Waals surface area contributed by atoms with Crippen molar-refractivity contribution in [2.24, 2.45) is 0 Å². The van der Waals surface area contributed by atoms with E-state index in [0.717, 1.165) is 0 Å². The fourth-order valence-electron chi connectivity index (χ4n) is 1.63. The first-order chi connectivity index (χ1) is 10.2. The number of amides is 1. The third kappa shape index (κ3) is 3.78. The molecule has 0 saturated heterocycles. The number of carbonyl (C=O) groups is 1. The minimum absolute atomic E-state index is 0.224. The summed E-state index contributed by atoms with van der Waals surface area (Å²) in [6.45, 7) is -0.224. The number of aromatic nitrogens is 2. The van der Waals surface area contributed by atoms with Crippen LogP contribution < -0.4 is 10.1 Å². The number of carbonyl (C=O) groups excluding carboxylic acids is 1. The summed E-state index contributed by atoms with van der Waals surface area (Å²) < 4.78 is 5.09. The van der Waals surface area contributed by atoms with Crippen LogP contribution in [-0.4, -0.2) is 34.7 Å². The van der Waals surface area contributed by atoms with Crippen molar-refractivity contribution in [3.8, 4) is 17.6 Å². The molecule has 0 aliphatic carbocycles. The SMILES string of the molecule is COc1cnccc1C(=O)Nc1cc(C#CCO)ccn1. The Kier molecular flexibility index (Phi) is 4.85. The number of nitrogens with zero attached hydrogens (tertiary/aromatic N) is 2. The van der Waals surface area contributed by atoms with Crippen LogP contribution in [0.5, 0.6) is 5.75 Å². The minimum atomic E-state index is -0.353. The highest BCUT2D eigenvalue weighted by molar-refractivity contribution is 6.05. The van der Waals surface area contributed by atoms with Crippen LogP contribution in [0.2, 0.25) is 0 Å². The van der Waals surface area contributed by atoms with Gasteiger partial charge in [-0.1, -0.05) is 11.8 Å². The maximum atomic E-state index is 12.2. The van der Waals surface area contributed by atoms with E-state index in [4.69, 9.17) is 9.84 Å². The van der Waals surface area contributed by atoms with Crippen LogP contribution in [-0.2, 0) is 0 Å². The average molecular weight is 283 g/mol. The van der Waals surface area contributed by atoms with E-state index < -0.39 is 0 Å². The topological polar surface area (TPSA) is 84.3 Å². The van der Waals surface area contributed by atoms with Gasteiger partial charge in [-0.3, -0.25) is 9.78 Å². The molecule has 0 saturated carbocycles. The van der Waals surface area contributed by atoms with Crippen LogP contribution >= 0.6 is 0 Å². The smallest absolute Gasteiger partial charge is 0.260 e. The average Bonchev–Trinajstić information content (AvgIpc) is 2.53. The second-order valence-corrected chi connectivity index (χ2v) is 3.92. The number of pyridine rings is 2. The van der Waals surface area contributed by atoms with Gasteiger partial charge in [0.15, 0.2) is 0 Å². The molecule has 6 heteroatoms. The van der Waals surface area contributed by atoms with Crippen molar-refractivity contribution in [1.29, 1.82) is 0 Å². The summed E-state index contributed by atoms with van der Waals surface area (Å²) in [5.74, 6) is 5.67. The lowest BCUT2D eigenvalue weighted by molar-refractivity contribution is 0.102. The van der Waals surface area contributed by atoms with Gasteiger partial charge in [0.05, 0.1) is 18.9 Å². The third-order valence-corrected chi connectivity index (χ3v) is 2.56. The molecule has 2 heterocycles. The normalized spacial score (nSPS) is 9.43. The van der Waals surface area contributed by atoms with Gasteiger partial charge in [-0.15, -0.1) is 0 Å². The van der Waals surface area contributed by atoms with Crippen molar-refractivity contribution in [2.75, 3.05) is 19.0 Å². The molecule has 0 aliphatic rings. The minimum Gasteiger partial charge on any atom is -0.494 e. The maximum Gasteiger partial charge on any atom is 0.260 e. The van der Waals surface area contributed by atoms with Gasteiger partial charge < -0.3 is 15.2 Å². The van der Waals surface area contributed by atoms with Crippen molar-refractivity contribution in [3.05, 3.63) is 47.9 Å². The molecule has 0 fully saturated rings. The summed E-state index contributed by atoms with van der Waals surface area (Å²) in [7, 11) is 1.47. The molecule has 2 rings (SSSR count). The summed E-state index contributed by atoms with van der Waals surface area (Å²) in [4.78, 5) is 20.1. The van der Waals surface area contributed by atoms with Gasteiger partial charge in [-0.2, -0.15) is 0 Å². The van der Waals surface area contributed by atoms with Crippen molar-refractivity contribution < 1.29 is 14.6 Å². The van der Waals surface area contributed by atoms with Crippen LogP contribution in [0.4, 0.5) is 5.82 Å². The number of nitrogens with one attached hydrogen (secondary N) is 1. The van der Waals surface area contributed by atoms with Crippen molar-refractivity contribution in [1.82, 2.24) is 9.97 Å². The van der Waals surface area contributed by atoms with Crippen molar-refractivity contribution in [3.63, 3.8) is 0 Å². The third-order valence-electron chi connectivity index (χ3n) is 2.56. The molecule has 21 heavy (non-hydrogen) atoms. The Morgan fingerprint density at radius 3 is 3.05 bits per heavy atom. The van der Waals surface area contributed by atoms with E-state index in [0.29, 0.717) is 22.7 Å². The highest BCUT2D eigenvalue weighted by Crippen LogP contribution is 2.17. The number of aliphatic hydroxyl groups excluding tert-OH is 1. The number of hydrogen-bond acceptors (Lipinski definition) is 5. The molecular formula is C15H13N3O3. The van der Waals surface area contributed by atoms with Crippen LogP contribution in [0.15, 0.2) is 36.8 Å². The van der Waals surface area contributed by atoms with E-state index in [1.54, 1.807) is 18.2 Å². The molecule has 2 aromatic rings. The van der Waals surface area contributed by atoms with Gasteiger partial charge in [0.1, 0.15) is 18.2 Å². The first kappa shape index (κ1) is 14.5. The van der Waals surface area contributed by atoms with Gasteiger partial charge in [0, 0.05) is 18.0 Å². The zero-order valence-corrected chi connectivity index (χ0v) is 11.3. The van der Waals surface area contributed by atoms with Crippen LogP contribution in [0.25, 0.3) is 0 Å². The van der Waals surface area contributed by atoms with E-state index >= 15 is 0 Å². The Labute approximate surface area is 121 Å². The number of aliphatic hydroxyl groups is 1. The Morgan fingerprint density at radius 1 is 1.43 bits per heavy atom. The fraction of sp³-hybridized carbons (Fsp3) is 0.133. The maximum absolute atomic E-state index is 12.2. The molecule has 0 bridgehead atoms. The molecule has 0 radical (unpaired) electrons. The quantitative estimate of drug-likeness (QED) is 0.823. The molecule has 2 N–H and O–H groups in total. The van der Waals surface area contributed by atoms with Crippen molar-refractivity contribution in [2.45, 2.75) is 0 Å². The lowest BCUT2D eigenvalue weighted by atomic mass is 10.2. The molecule has 0 unspecified atom stereocenters. The second kappa shape index (κ2) is 7.03. The molecule has 0 atom stereocenters. The Bertz CT molecular complexity index is 705. The largest absolute Gasteiger partial charge is 0.494 e. The zero-order valence-electron chi connectivity index (χ0n) is 11.3. The standard InChI is InChI=1S/C15H13N3O3/c1-21-13-10-16-6-5-12(13)15(20)18-14-9-11(3-2-8-19)4-7-17-14/h4-7,9-10,19H,8H2,1H3,(H,17,18,20). The second-order valence-electron chi connectivity index (χ2n) is 3.92. The van der Waals surface area contributed by atoms with Gasteiger partial charge in [0.2, 0.25) is 0 Å². The monoisotopic (exact) mass is 283 g/mol. The van der Waals surface area contributed by atoms with Crippen LogP contribution in [0.1, 0.15) is 15.9 Å². The number of anilines is 1. The van der Waals surface area contributed by atoms with E-state index in [1.165, 1.54) is 25.7 Å². The van der Waals surface area contributed by atoms with Gasteiger partial charge in [-0.05, 0) is 18.2 Å². The lowest BCUT2D eigenvalue weighted by Gasteiger charge is -2.08. The van der Waals surface area contributed by atoms with E-state index in [9.17, 15) is 4.79 Å². The van der Waals surface area contributed by atoms with E-state index in [-0.39, 0.29) is 12.5 Å².